The van der Waals surface area contributed by atoms with Gasteiger partial charge in [-0.25, -0.2) is 0 Å². The minimum atomic E-state index is -0.803. The Morgan fingerprint density at radius 3 is 2.82 bits per heavy atom. The number of hydrogen-bond acceptors (Lipinski definition) is 5. The van der Waals surface area contributed by atoms with Gasteiger partial charge < -0.3 is 19.7 Å². The molecule has 0 aromatic rings. The third kappa shape index (κ3) is 4.23. The van der Waals surface area contributed by atoms with Crippen LogP contribution in [-0.2, 0) is 14.3 Å². The third-order valence-electron chi connectivity index (χ3n) is 3.00. The predicted octanol–water partition coefficient (Wildman–Crippen LogP) is -0.583. The van der Waals surface area contributed by atoms with Crippen LogP contribution in [0.5, 0.6) is 0 Å². The Morgan fingerprint density at radius 1 is 1.47 bits per heavy atom. The van der Waals surface area contributed by atoms with Crippen molar-refractivity contribution in [1.82, 2.24) is 4.90 Å². The molecular weight excluding hydrogens is 226 g/mol. The molecule has 100 valence electrons. The smallest absolute Gasteiger partial charge is 0.310 e. The molecule has 0 spiro atoms. The molecule has 0 radical (unpaired) electrons. The molecular formula is C11H21NO5. The summed E-state index contributed by atoms with van der Waals surface area (Å²) in [6.07, 6.45) is 0. The lowest BCUT2D eigenvalue weighted by Gasteiger charge is -2.28. The van der Waals surface area contributed by atoms with Crippen LogP contribution in [0.1, 0.15) is 6.92 Å². The molecule has 2 unspecified atom stereocenters. The van der Waals surface area contributed by atoms with Gasteiger partial charge in [0.05, 0.1) is 39.0 Å². The summed E-state index contributed by atoms with van der Waals surface area (Å²) in [4.78, 5) is 13.1. The highest BCUT2D eigenvalue weighted by molar-refractivity contribution is 5.71. The van der Waals surface area contributed by atoms with E-state index in [1.807, 2.05) is 6.92 Å². The van der Waals surface area contributed by atoms with Crippen molar-refractivity contribution < 1.29 is 24.5 Å². The zero-order valence-corrected chi connectivity index (χ0v) is 10.2. The molecule has 2 N–H and O–H groups in total. The summed E-state index contributed by atoms with van der Waals surface area (Å²) < 4.78 is 10.4. The molecule has 0 bridgehead atoms. The highest BCUT2D eigenvalue weighted by Crippen LogP contribution is 2.19. The Balaban J connectivity index is 2.40. The van der Waals surface area contributed by atoms with Crippen molar-refractivity contribution in [3.8, 4) is 0 Å². The zero-order valence-electron chi connectivity index (χ0n) is 10.2. The summed E-state index contributed by atoms with van der Waals surface area (Å²) >= 11 is 0. The number of rotatable bonds is 8. The van der Waals surface area contributed by atoms with Crippen LogP contribution in [0.3, 0.4) is 0 Å². The van der Waals surface area contributed by atoms with Crippen molar-refractivity contribution in [2.45, 2.75) is 13.0 Å². The fourth-order valence-corrected chi connectivity index (χ4v) is 2.05. The molecule has 1 heterocycles. The summed E-state index contributed by atoms with van der Waals surface area (Å²) in [7, 11) is 0. The van der Waals surface area contributed by atoms with Crippen LogP contribution in [0.2, 0.25) is 0 Å². The second kappa shape index (κ2) is 7.60. The van der Waals surface area contributed by atoms with E-state index >= 15 is 0 Å². The van der Waals surface area contributed by atoms with Crippen molar-refractivity contribution >= 4 is 5.97 Å². The van der Waals surface area contributed by atoms with Gasteiger partial charge in [-0.3, -0.25) is 9.69 Å². The molecule has 6 nitrogen and oxygen atoms in total. The van der Waals surface area contributed by atoms with E-state index in [1.165, 1.54) is 0 Å². The maximum absolute atomic E-state index is 11.0. The van der Waals surface area contributed by atoms with Gasteiger partial charge in [-0.15, -0.1) is 0 Å². The van der Waals surface area contributed by atoms with E-state index in [9.17, 15) is 4.79 Å². The number of carbonyl (C=O) groups is 1. The van der Waals surface area contributed by atoms with Gasteiger partial charge in [0.25, 0.3) is 0 Å². The van der Waals surface area contributed by atoms with Gasteiger partial charge in [0.2, 0.25) is 0 Å². The summed E-state index contributed by atoms with van der Waals surface area (Å²) in [5, 5.41) is 17.6. The Bertz CT molecular complexity index is 236. The van der Waals surface area contributed by atoms with Crippen LogP contribution < -0.4 is 0 Å². The molecule has 2 atom stereocenters. The molecule has 0 aliphatic carbocycles. The van der Waals surface area contributed by atoms with Crippen molar-refractivity contribution in [2.75, 3.05) is 46.1 Å². The topological polar surface area (TPSA) is 79.2 Å². The van der Waals surface area contributed by atoms with Crippen molar-refractivity contribution in [2.24, 2.45) is 5.92 Å². The fraction of sp³-hybridized carbons (Fsp3) is 0.909. The van der Waals surface area contributed by atoms with E-state index in [4.69, 9.17) is 19.7 Å². The molecule has 17 heavy (non-hydrogen) atoms. The first-order chi connectivity index (χ1) is 8.20. The van der Waals surface area contributed by atoms with Crippen LogP contribution in [0.15, 0.2) is 0 Å². The van der Waals surface area contributed by atoms with Crippen LogP contribution in [-0.4, -0.2) is 73.2 Å². The van der Waals surface area contributed by atoms with E-state index in [-0.39, 0.29) is 19.3 Å². The number of carboxylic acid groups (broad SMARTS) is 1. The minimum Gasteiger partial charge on any atom is -0.481 e. The first-order valence-electron chi connectivity index (χ1n) is 5.93. The largest absolute Gasteiger partial charge is 0.481 e. The molecule has 0 saturated carbocycles. The van der Waals surface area contributed by atoms with Gasteiger partial charge in [-0.2, -0.15) is 0 Å². The number of aliphatic carboxylic acids is 1. The first kappa shape index (κ1) is 14.4. The van der Waals surface area contributed by atoms with Gasteiger partial charge >= 0.3 is 5.97 Å². The van der Waals surface area contributed by atoms with Crippen LogP contribution >= 0.6 is 0 Å². The van der Waals surface area contributed by atoms with Crippen LogP contribution in [0.25, 0.3) is 0 Å². The zero-order chi connectivity index (χ0) is 12.7. The third-order valence-corrected chi connectivity index (χ3v) is 3.00. The summed E-state index contributed by atoms with van der Waals surface area (Å²) in [6.45, 7) is 4.99. The van der Waals surface area contributed by atoms with Gasteiger partial charge in [0, 0.05) is 12.6 Å². The normalized spacial score (nSPS) is 24.4. The molecule has 1 aliphatic heterocycles. The van der Waals surface area contributed by atoms with Crippen molar-refractivity contribution in [3.63, 3.8) is 0 Å². The number of ether oxygens (including phenoxy) is 2. The summed E-state index contributed by atoms with van der Waals surface area (Å²) in [5.41, 5.74) is 0. The number of carboxylic acids is 1. The van der Waals surface area contributed by atoms with Gasteiger partial charge in [0.15, 0.2) is 0 Å². The Hall–Kier alpha value is -0.690. The standard InChI is InChI=1S/C11H21NO5/c1-2-12(3-5-16-6-4-13)10-8-17-7-9(10)11(14)15/h9-10,13H,2-8H2,1H3,(H,14,15). The lowest BCUT2D eigenvalue weighted by atomic mass is 10.0. The highest BCUT2D eigenvalue weighted by atomic mass is 16.5. The average molecular weight is 247 g/mol. The van der Waals surface area contributed by atoms with Gasteiger partial charge in [-0.05, 0) is 6.54 Å². The summed E-state index contributed by atoms with van der Waals surface area (Å²) in [5.74, 6) is -1.25. The Morgan fingerprint density at radius 2 is 2.24 bits per heavy atom. The van der Waals surface area contributed by atoms with E-state index in [0.29, 0.717) is 26.4 Å². The summed E-state index contributed by atoms with van der Waals surface area (Å²) in [6, 6.07) is -0.0739. The number of aliphatic hydroxyl groups is 1. The van der Waals surface area contributed by atoms with E-state index < -0.39 is 11.9 Å². The molecule has 0 amide bonds. The van der Waals surface area contributed by atoms with E-state index in [1.54, 1.807) is 0 Å². The first-order valence-corrected chi connectivity index (χ1v) is 5.93. The molecule has 1 aliphatic rings. The van der Waals surface area contributed by atoms with Crippen molar-refractivity contribution in [1.29, 1.82) is 0 Å². The maximum Gasteiger partial charge on any atom is 0.310 e. The molecule has 0 aromatic heterocycles. The molecule has 1 rings (SSSR count). The average Bonchev–Trinajstić information content (AvgIpc) is 2.78. The number of nitrogens with zero attached hydrogens (tertiary/aromatic N) is 1. The van der Waals surface area contributed by atoms with Gasteiger partial charge in [-0.1, -0.05) is 6.92 Å². The van der Waals surface area contributed by atoms with E-state index in [2.05, 4.69) is 4.90 Å². The maximum atomic E-state index is 11.0. The second-order valence-corrected chi connectivity index (χ2v) is 4.01. The lowest BCUT2D eigenvalue weighted by molar-refractivity contribution is -0.143. The quantitative estimate of drug-likeness (QED) is 0.559. The van der Waals surface area contributed by atoms with Crippen LogP contribution in [0, 0.1) is 5.92 Å². The van der Waals surface area contributed by atoms with Crippen LogP contribution in [0.4, 0.5) is 0 Å². The Kier molecular flexibility index (Phi) is 6.43. The predicted molar refractivity (Wildman–Crippen MR) is 60.9 cm³/mol. The second-order valence-electron chi connectivity index (χ2n) is 4.01. The molecule has 6 heteroatoms. The number of hydrogen-bond donors (Lipinski definition) is 2. The SMILES string of the molecule is CCN(CCOCCO)C1COCC1C(=O)O. The lowest BCUT2D eigenvalue weighted by Crippen LogP contribution is -2.44. The van der Waals surface area contributed by atoms with Crippen molar-refractivity contribution in [3.05, 3.63) is 0 Å². The minimum absolute atomic E-state index is 0.0103. The fourth-order valence-electron chi connectivity index (χ4n) is 2.05. The Labute approximate surface area is 101 Å². The molecule has 1 saturated heterocycles. The highest BCUT2D eigenvalue weighted by Gasteiger charge is 2.37. The number of likely N-dealkylation sites (N-methyl/N-ethyl adjacent to an activating group) is 1. The molecule has 0 aromatic carbocycles. The van der Waals surface area contributed by atoms with Gasteiger partial charge in [0.1, 0.15) is 0 Å². The number of aliphatic hydroxyl groups excluding tert-OH is 1. The monoisotopic (exact) mass is 247 g/mol. The molecule has 1 fully saturated rings. The van der Waals surface area contributed by atoms with E-state index in [0.717, 1.165) is 6.54 Å².